The van der Waals surface area contributed by atoms with Gasteiger partial charge in [-0.15, -0.1) is 0 Å². The Bertz CT molecular complexity index is 1050. The summed E-state index contributed by atoms with van der Waals surface area (Å²) < 4.78 is 5.79. The van der Waals surface area contributed by atoms with Crippen molar-refractivity contribution in [2.45, 2.75) is 65.4 Å². The van der Waals surface area contributed by atoms with Crippen LogP contribution in [0.25, 0.3) is 5.57 Å². The lowest BCUT2D eigenvalue weighted by atomic mass is 9.49. The van der Waals surface area contributed by atoms with Crippen molar-refractivity contribution >= 4 is 11.5 Å². The van der Waals surface area contributed by atoms with Crippen LogP contribution in [0.4, 0.5) is 0 Å². The van der Waals surface area contributed by atoms with Crippen LogP contribution in [0, 0.1) is 28.1 Å². The van der Waals surface area contributed by atoms with Crippen molar-refractivity contribution in [2.75, 3.05) is 13.2 Å². The minimum Gasteiger partial charge on any atom is -0.461 e. The number of ether oxygens (including phenoxy) is 1. The van der Waals surface area contributed by atoms with E-state index in [0.717, 1.165) is 32.1 Å². The molecule has 5 rings (SSSR count). The smallest absolute Gasteiger partial charge is 0.316 e. The quantitative estimate of drug-likeness (QED) is 0.482. The summed E-state index contributed by atoms with van der Waals surface area (Å²) in [4.78, 5) is 17.0. The molecule has 182 valence electrons. The van der Waals surface area contributed by atoms with Crippen LogP contribution >= 0.6 is 0 Å². The van der Waals surface area contributed by atoms with E-state index >= 15 is 0 Å². The van der Waals surface area contributed by atoms with Gasteiger partial charge in [-0.1, -0.05) is 49.3 Å². The highest BCUT2D eigenvalue weighted by atomic mass is 16.5. The van der Waals surface area contributed by atoms with E-state index in [9.17, 15) is 15.0 Å². The molecule has 4 aliphatic carbocycles. The number of fused-ring (bicyclic) bond motifs is 5. The zero-order valence-electron chi connectivity index (χ0n) is 20.6. The maximum atomic E-state index is 12.6. The van der Waals surface area contributed by atoms with Gasteiger partial charge in [0.2, 0.25) is 0 Å². The topological polar surface area (TPSA) is 79.7 Å². The van der Waals surface area contributed by atoms with Crippen LogP contribution in [-0.4, -0.2) is 40.5 Å². The molecule has 1 heterocycles. The second-order valence-corrected chi connectivity index (χ2v) is 11.6. The summed E-state index contributed by atoms with van der Waals surface area (Å²) >= 11 is 0. The van der Waals surface area contributed by atoms with Gasteiger partial charge in [0.15, 0.2) is 0 Å². The summed E-state index contributed by atoms with van der Waals surface area (Å²) in [5.74, 6) is 0.647. The molecular weight excluding hydrogens is 426 g/mol. The fourth-order valence-corrected chi connectivity index (χ4v) is 7.15. The maximum absolute atomic E-state index is 12.6. The average Bonchev–Trinajstić information content (AvgIpc) is 3.21. The summed E-state index contributed by atoms with van der Waals surface area (Å²) in [6, 6.07) is 4.20. The molecule has 0 bridgehead atoms. The van der Waals surface area contributed by atoms with E-state index in [1.165, 1.54) is 23.1 Å². The SMILES string of the molecule is CC(CO)(CO)C(=O)O[C@H]1CC[C@@]2(C)C(=CCC3C4=CC=C(c5cccnc5)[C@@]4(C)CCC32)C1. The van der Waals surface area contributed by atoms with Crippen molar-refractivity contribution in [3.05, 3.63) is 59.5 Å². The molecule has 0 saturated heterocycles. The fraction of sp³-hybridized carbons (Fsp3) is 0.586. The molecule has 5 nitrogen and oxygen atoms in total. The minimum absolute atomic E-state index is 0.0810. The van der Waals surface area contributed by atoms with Crippen LogP contribution in [0.15, 0.2) is 53.9 Å². The highest BCUT2D eigenvalue weighted by Crippen LogP contribution is 2.64. The zero-order valence-corrected chi connectivity index (χ0v) is 20.6. The maximum Gasteiger partial charge on any atom is 0.316 e. The van der Waals surface area contributed by atoms with Crippen LogP contribution < -0.4 is 0 Å². The van der Waals surface area contributed by atoms with Gasteiger partial charge in [0.05, 0.1) is 13.2 Å². The third-order valence-corrected chi connectivity index (χ3v) is 9.54. The average molecular weight is 464 g/mol. The second kappa shape index (κ2) is 8.46. The van der Waals surface area contributed by atoms with E-state index in [-0.39, 0.29) is 16.9 Å². The van der Waals surface area contributed by atoms with Crippen LogP contribution in [0.5, 0.6) is 0 Å². The number of carbonyl (C=O) groups excluding carboxylic acids is 1. The Morgan fingerprint density at radius 1 is 1.21 bits per heavy atom. The van der Waals surface area contributed by atoms with E-state index in [1.807, 2.05) is 18.5 Å². The van der Waals surface area contributed by atoms with Crippen molar-refractivity contribution in [1.29, 1.82) is 0 Å². The lowest BCUT2D eigenvalue weighted by Crippen LogP contribution is -2.48. The van der Waals surface area contributed by atoms with Gasteiger partial charge in [-0.2, -0.15) is 0 Å². The molecule has 2 N–H and O–H groups in total. The molecule has 2 saturated carbocycles. The van der Waals surface area contributed by atoms with Gasteiger partial charge in [-0.05, 0) is 73.5 Å². The predicted molar refractivity (Wildman–Crippen MR) is 131 cm³/mol. The number of hydrogen-bond acceptors (Lipinski definition) is 5. The Kier molecular flexibility index (Phi) is 5.84. The Labute approximate surface area is 202 Å². The molecule has 2 fully saturated rings. The number of allylic oxidation sites excluding steroid dienone is 5. The number of hydrogen-bond donors (Lipinski definition) is 2. The second-order valence-electron chi connectivity index (χ2n) is 11.6. The van der Waals surface area contributed by atoms with E-state index in [2.05, 4.69) is 43.1 Å². The standard InChI is InChI=1S/C29H37NO4/c1-27(17-31,18-32)26(33)34-21-10-12-28(2)20(15-21)6-7-22-24-9-8-23(19-5-4-14-30-16-19)29(24,3)13-11-25(22)28/h4-6,8-9,14,16,21-22,25,31-32H,7,10-13,15,17-18H2,1-3H3/t21-,22?,25?,28-,29+/m0/s1. The van der Waals surface area contributed by atoms with Gasteiger partial charge in [-0.25, -0.2) is 0 Å². The zero-order chi connectivity index (χ0) is 24.1. The monoisotopic (exact) mass is 463 g/mol. The summed E-state index contributed by atoms with van der Waals surface area (Å²) in [7, 11) is 0. The number of aromatic nitrogens is 1. The van der Waals surface area contributed by atoms with E-state index in [1.54, 1.807) is 12.5 Å². The molecule has 5 atom stereocenters. The molecule has 34 heavy (non-hydrogen) atoms. The molecule has 1 aromatic rings. The predicted octanol–water partition coefficient (Wildman–Crippen LogP) is 4.86. The highest BCUT2D eigenvalue weighted by Gasteiger charge is 2.54. The molecule has 2 unspecified atom stereocenters. The molecule has 0 radical (unpaired) electrons. The van der Waals surface area contributed by atoms with Gasteiger partial charge in [0.1, 0.15) is 11.5 Å². The number of esters is 1. The highest BCUT2D eigenvalue weighted by molar-refractivity contribution is 5.78. The van der Waals surface area contributed by atoms with Crippen LogP contribution in [0.2, 0.25) is 0 Å². The third-order valence-electron chi connectivity index (χ3n) is 9.54. The molecule has 5 heteroatoms. The van der Waals surface area contributed by atoms with Gasteiger partial charge in [0.25, 0.3) is 0 Å². The van der Waals surface area contributed by atoms with Crippen molar-refractivity contribution in [1.82, 2.24) is 4.98 Å². The van der Waals surface area contributed by atoms with E-state index < -0.39 is 24.6 Å². The Morgan fingerprint density at radius 2 is 2.00 bits per heavy atom. The van der Waals surface area contributed by atoms with Gasteiger partial charge in [0, 0.05) is 24.2 Å². The van der Waals surface area contributed by atoms with Crippen molar-refractivity contribution < 1.29 is 19.7 Å². The fourth-order valence-electron chi connectivity index (χ4n) is 7.15. The first-order valence-corrected chi connectivity index (χ1v) is 12.7. The van der Waals surface area contributed by atoms with Gasteiger partial charge >= 0.3 is 5.97 Å². The Hall–Kier alpha value is -2.24. The molecule has 0 aromatic carbocycles. The van der Waals surface area contributed by atoms with E-state index in [4.69, 9.17) is 4.74 Å². The van der Waals surface area contributed by atoms with Crippen LogP contribution in [-0.2, 0) is 9.53 Å². The molecule has 4 aliphatic rings. The molecule has 0 amide bonds. The van der Waals surface area contributed by atoms with Crippen molar-refractivity contribution in [3.63, 3.8) is 0 Å². The Morgan fingerprint density at radius 3 is 2.71 bits per heavy atom. The minimum atomic E-state index is -1.24. The van der Waals surface area contributed by atoms with Crippen LogP contribution in [0.1, 0.15) is 64.9 Å². The van der Waals surface area contributed by atoms with Crippen molar-refractivity contribution in [3.8, 4) is 0 Å². The summed E-state index contributed by atoms with van der Waals surface area (Å²) in [6.07, 6.45) is 16.7. The van der Waals surface area contributed by atoms with Gasteiger partial charge in [-0.3, -0.25) is 9.78 Å². The largest absolute Gasteiger partial charge is 0.461 e. The number of pyridine rings is 1. The summed E-state index contributed by atoms with van der Waals surface area (Å²) in [5, 5.41) is 19.1. The van der Waals surface area contributed by atoms with Crippen molar-refractivity contribution in [2.24, 2.45) is 28.1 Å². The lowest BCUT2D eigenvalue weighted by molar-refractivity contribution is -0.167. The number of rotatable bonds is 5. The first-order chi connectivity index (χ1) is 16.2. The lowest BCUT2D eigenvalue weighted by Gasteiger charge is -2.56. The first-order valence-electron chi connectivity index (χ1n) is 12.7. The van der Waals surface area contributed by atoms with Crippen LogP contribution in [0.3, 0.4) is 0 Å². The van der Waals surface area contributed by atoms with Gasteiger partial charge < -0.3 is 14.9 Å². The molecule has 0 spiro atoms. The molecular formula is C29H37NO4. The third kappa shape index (κ3) is 3.51. The summed E-state index contributed by atoms with van der Waals surface area (Å²) in [6.45, 7) is 5.56. The summed E-state index contributed by atoms with van der Waals surface area (Å²) in [5.41, 5.74) is 4.60. The number of aliphatic hydroxyl groups is 2. The Balaban J connectivity index is 1.34. The number of nitrogens with zero attached hydrogens (tertiary/aromatic N) is 1. The molecule has 1 aromatic heterocycles. The van der Waals surface area contributed by atoms with E-state index in [0.29, 0.717) is 11.8 Å². The molecule has 0 aliphatic heterocycles. The number of carbonyl (C=O) groups is 1. The normalized spacial score (nSPS) is 34.7. The number of aliphatic hydroxyl groups excluding tert-OH is 2. The first kappa shape index (κ1) is 23.5.